The fraction of sp³-hybridized carbons (Fsp3) is 0.593. The van der Waals surface area contributed by atoms with E-state index >= 15 is 0 Å². The van der Waals surface area contributed by atoms with Gasteiger partial charge >= 0.3 is 0 Å². The van der Waals surface area contributed by atoms with Crippen molar-refractivity contribution in [2.75, 3.05) is 45.3 Å². The Morgan fingerprint density at radius 3 is 2.30 bits per heavy atom. The van der Waals surface area contributed by atoms with Crippen molar-refractivity contribution in [3.8, 4) is 0 Å². The molecule has 3 heterocycles. The highest BCUT2D eigenvalue weighted by molar-refractivity contribution is 5.89. The summed E-state index contributed by atoms with van der Waals surface area (Å²) in [5, 5.41) is 0. The SMILES string of the molecule is Cc1cc(C)cc(C2(C(=O)N3CCCC(C)(c4nc(C)cc(N(C)C)n4)C3)CCOCC2)c1. The van der Waals surface area contributed by atoms with E-state index < -0.39 is 5.41 Å². The molecular formula is C27H38N4O2. The molecule has 1 atom stereocenters. The Labute approximate surface area is 198 Å². The lowest BCUT2D eigenvalue weighted by Crippen LogP contribution is -2.55. The minimum atomic E-state index is -0.518. The van der Waals surface area contributed by atoms with Crippen LogP contribution in [0, 0.1) is 20.8 Å². The number of aromatic nitrogens is 2. The van der Waals surface area contributed by atoms with E-state index in [1.807, 2.05) is 32.0 Å². The van der Waals surface area contributed by atoms with E-state index in [1.165, 1.54) is 11.1 Å². The standard InChI is InChI=1S/C27H38N4O2/c1-19-14-20(2)16-22(15-19)27(9-12-33-13-10-27)25(32)31-11-7-8-26(4,18-31)24-28-21(3)17-23(29-24)30(5)6/h14-17H,7-13,18H2,1-6H3. The highest BCUT2D eigenvalue weighted by Crippen LogP contribution is 2.40. The number of nitrogens with zero attached hydrogens (tertiary/aromatic N) is 4. The van der Waals surface area contributed by atoms with Gasteiger partial charge in [-0.05, 0) is 52.0 Å². The number of hydrogen-bond donors (Lipinski definition) is 0. The van der Waals surface area contributed by atoms with Crippen molar-refractivity contribution in [1.29, 1.82) is 0 Å². The number of benzene rings is 1. The van der Waals surface area contributed by atoms with Gasteiger partial charge < -0.3 is 14.5 Å². The molecular weight excluding hydrogens is 412 g/mol. The van der Waals surface area contributed by atoms with Crippen molar-refractivity contribution in [1.82, 2.24) is 14.9 Å². The number of amides is 1. The van der Waals surface area contributed by atoms with Gasteiger partial charge in [0.2, 0.25) is 5.91 Å². The molecule has 6 nitrogen and oxygen atoms in total. The highest BCUT2D eigenvalue weighted by atomic mass is 16.5. The van der Waals surface area contributed by atoms with E-state index in [-0.39, 0.29) is 11.3 Å². The number of hydrogen-bond acceptors (Lipinski definition) is 5. The van der Waals surface area contributed by atoms with Crippen molar-refractivity contribution in [3.63, 3.8) is 0 Å². The van der Waals surface area contributed by atoms with Gasteiger partial charge in [0.05, 0.1) is 5.41 Å². The molecule has 0 spiro atoms. The second-order valence-electron chi connectivity index (χ2n) is 10.5. The van der Waals surface area contributed by atoms with E-state index in [2.05, 4.69) is 43.9 Å². The Morgan fingerprint density at radius 2 is 1.67 bits per heavy atom. The Hall–Kier alpha value is -2.47. The van der Waals surface area contributed by atoms with Crippen LogP contribution in [0.2, 0.25) is 0 Å². The van der Waals surface area contributed by atoms with E-state index in [9.17, 15) is 4.79 Å². The van der Waals surface area contributed by atoms with Crippen LogP contribution in [0.3, 0.4) is 0 Å². The second-order valence-corrected chi connectivity index (χ2v) is 10.5. The summed E-state index contributed by atoms with van der Waals surface area (Å²) in [6.45, 7) is 11.1. The number of carbonyl (C=O) groups excluding carboxylic acids is 1. The van der Waals surface area contributed by atoms with E-state index in [4.69, 9.17) is 14.7 Å². The predicted molar refractivity (Wildman–Crippen MR) is 132 cm³/mol. The zero-order chi connectivity index (χ0) is 23.8. The Kier molecular flexibility index (Phi) is 6.50. The van der Waals surface area contributed by atoms with E-state index in [0.717, 1.165) is 55.1 Å². The van der Waals surface area contributed by atoms with Crippen LogP contribution in [0.15, 0.2) is 24.3 Å². The molecule has 2 aromatic rings. The number of anilines is 1. The molecule has 4 rings (SSSR count). The third kappa shape index (κ3) is 4.63. The molecule has 2 fully saturated rings. The first-order valence-corrected chi connectivity index (χ1v) is 12.1. The van der Waals surface area contributed by atoms with Crippen LogP contribution in [0.25, 0.3) is 0 Å². The van der Waals surface area contributed by atoms with Crippen LogP contribution in [0.4, 0.5) is 5.82 Å². The molecule has 2 aliphatic rings. The van der Waals surface area contributed by atoms with Gasteiger partial charge in [0.25, 0.3) is 0 Å². The fourth-order valence-electron chi connectivity index (χ4n) is 5.55. The van der Waals surface area contributed by atoms with Gasteiger partial charge in [0.15, 0.2) is 0 Å². The van der Waals surface area contributed by atoms with Crippen LogP contribution in [0.1, 0.15) is 60.8 Å². The Balaban J connectivity index is 1.68. The number of rotatable bonds is 4. The maximum atomic E-state index is 14.3. The molecule has 0 N–H and O–H groups in total. The molecule has 6 heteroatoms. The fourth-order valence-corrected chi connectivity index (χ4v) is 5.55. The lowest BCUT2D eigenvalue weighted by Gasteiger charge is -2.45. The maximum Gasteiger partial charge on any atom is 0.233 e. The van der Waals surface area contributed by atoms with E-state index in [1.54, 1.807) is 0 Å². The summed E-state index contributed by atoms with van der Waals surface area (Å²) in [6, 6.07) is 8.59. The first-order chi connectivity index (χ1) is 15.6. The molecule has 2 aliphatic heterocycles. The minimum absolute atomic E-state index is 0.238. The van der Waals surface area contributed by atoms with Crippen molar-refractivity contribution in [3.05, 3.63) is 52.5 Å². The number of ether oxygens (including phenoxy) is 1. The van der Waals surface area contributed by atoms with Gasteiger partial charge in [0.1, 0.15) is 11.6 Å². The summed E-state index contributed by atoms with van der Waals surface area (Å²) in [6.07, 6.45) is 3.39. The number of aryl methyl sites for hydroxylation is 3. The molecule has 1 amide bonds. The summed E-state index contributed by atoms with van der Waals surface area (Å²) < 4.78 is 5.71. The van der Waals surface area contributed by atoms with Crippen LogP contribution in [-0.4, -0.2) is 61.2 Å². The summed E-state index contributed by atoms with van der Waals surface area (Å²) in [7, 11) is 4.01. The average molecular weight is 451 g/mol. The smallest absolute Gasteiger partial charge is 0.233 e. The minimum Gasteiger partial charge on any atom is -0.381 e. The van der Waals surface area contributed by atoms with Gasteiger partial charge in [0, 0.05) is 57.6 Å². The molecule has 1 aromatic carbocycles. The third-order valence-electron chi connectivity index (χ3n) is 7.35. The lowest BCUT2D eigenvalue weighted by atomic mass is 9.71. The van der Waals surface area contributed by atoms with Crippen molar-refractivity contribution in [2.45, 2.75) is 64.2 Å². The Bertz CT molecular complexity index is 1010. The molecule has 0 saturated carbocycles. The maximum absolute atomic E-state index is 14.3. The molecule has 0 aliphatic carbocycles. The monoisotopic (exact) mass is 450 g/mol. The molecule has 2 saturated heterocycles. The topological polar surface area (TPSA) is 58.6 Å². The first kappa shape index (κ1) is 23.7. The summed E-state index contributed by atoms with van der Waals surface area (Å²) >= 11 is 0. The van der Waals surface area contributed by atoms with Crippen molar-refractivity contribution < 1.29 is 9.53 Å². The number of piperidine rings is 1. The summed E-state index contributed by atoms with van der Waals surface area (Å²) in [5.41, 5.74) is 3.73. The van der Waals surface area contributed by atoms with Gasteiger partial charge in [-0.1, -0.05) is 36.2 Å². The van der Waals surface area contributed by atoms with E-state index in [0.29, 0.717) is 19.8 Å². The number of carbonyl (C=O) groups is 1. The summed E-state index contributed by atoms with van der Waals surface area (Å²) in [5.74, 6) is 2.00. The molecule has 178 valence electrons. The van der Waals surface area contributed by atoms with Gasteiger partial charge in [-0.3, -0.25) is 4.79 Å². The number of likely N-dealkylation sites (tertiary alicyclic amines) is 1. The first-order valence-electron chi connectivity index (χ1n) is 12.1. The highest BCUT2D eigenvalue weighted by Gasteiger charge is 2.47. The molecule has 0 radical (unpaired) electrons. The molecule has 1 unspecified atom stereocenters. The molecule has 33 heavy (non-hydrogen) atoms. The van der Waals surface area contributed by atoms with Gasteiger partial charge in [-0.2, -0.15) is 0 Å². The quantitative estimate of drug-likeness (QED) is 0.702. The average Bonchev–Trinajstić information content (AvgIpc) is 2.78. The zero-order valence-corrected chi connectivity index (χ0v) is 21.1. The van der Waals surface area contributed by atoms with Crippen LogP contribution >= 0.6 is 0 Å². The van der Waals surface area contributed by atoms with Crippen LogP contribution in [-0.2, 0) is 20.4 Å². The van der Waals surface area contributed by atoms with Crippen molar-refractivity contribution >= 4 is 11.7 Å². The predicted octanol–water partition coefficient (Wildman–Crippen LogP) is 4.10. The van der Waals surface area contributed by atoms with Gasteiger partial charge in [-0.25, -0.2) is 9.97 Å². The summed E-state index contributed by atoms with van der Waals surface area (Å²) in [4.78, 5) is 28.1. The zero-order valence-electron chi connectivity index (χ0n) is 21.1. The van der Waals surface area contributed by atoms with Crippen molar-refractivity contribution in [2.24, 2.45) is 0 Å². The normalized spacial score (nSPS) is 22.8. The molecule has 0 bridgehead atoms. The second kappa shape index (κ2) is 9.05. The van der Waals surface area contributed by atoms with Crippen LogP contribution in [0.5, 0.6) is 0 Å². The lowest BCUT2D eigenvalue weighted by molar-refractivity contribution is -0.143. The molecule has 1 aromatic heterocycles. The Morgan fingerprint density at radius 1 is 1.00 bits per heavy atom. The van der Waals surface area contributed by atoms with Crippen LogP contribution < -0.4 is 4.90 Å². The largest absolute Gasteiger partial charge is 0.381 e. The third-order valence-corrected chi connectivity index (χ3v) is 7.35. The van der Waals surface area contributed by atoms with Gasteiger partial charge in [-0.15, -0.1) is 0 Å².